The van der Waals surface area contributed by atoms with Gasteiger partial charge in [0.15, 0.2) is 16.8 Å². The topological polar surface area (TPSA) is 117 Å². The lowest BCUT2D eigenvalue weighted by molar-refractivity contribution is -0.0371. The normalized spacial score (nSPS) is 15.9. The number of methoxy groups -OCH3 is 1. The maximum atomic E-state index is 14.7. The second-order valence-corrected chi connectivity index (χ2v) is 10.9. The molecule has 1 saturated heterocycles. The SMILES string of the molecule is COc1ncc(F)cc1S(=O)(=O)Nc1ccc(F)c(COc2cnc3c(c2)c(C)nn3C2CCCCO2)c1Cl. The van der Waals surface area contributed by atoms with Crippen LogP contribution >= 0.6 is 11.6 Å². The predicted molar refractivity (Wildman–Crippen MR) is 138 cm³/mol. The molecule has 4 heterocycles. The number of nitrogens with one attached hydrogen (secondary N) is 1. The summed E-state index contributed by atoms with van der Waals surface area (Å²) < 4.78 is 74.8. The standard InChI is InChI=1S/C25H24ClF2N5O5S/c1-14-17-10-16(12-29-24(17)33(31-14)22-5-3-4-8-37-22)38-13-18-19(28)6-7-20(23(18)26)32-39(34,35)21-9-15(27)11-30-25(21)36-2/h6-7,9-12,22,32H,3-5,8,13H2,1-2H3. The number of hydrogen-bond acceptors (Lipinski definition) is 8. The molecule has 5 rings (SSSR count). The van der Waals surface area contributed by atoms with Crippen LogP contribution in [0.25, 0.3) is 11.0 Å². The molecule has 0 saturated carbocycles. The molecule has 1 aliphatic heterocycles. The van der Waals surface area contributed by atoms with Gasteiger partial charge in [-0.3, -0.25) is 4.72 Å². The molecule has 1 unspecified atom stereocenters. The summed E-state index contributed by atoms with van der Waals surface area (Å²) in [6.45, 7) is 2.19. The van der Waals surface area contributed by atoms with Crippen molar-refractivity contribution in [3.05, 3.63) is 64.6 Å². The molecule has 0 bridgehead atoms. The third kappa shape index (κ3) is 5.47. The quantitative estimate of drug-likeness (QED) is 0.304. The minimum atomic E-state index is -4.39. The van der Waals surface area contributed by atoms with E-state index in [9.17, 15) is 17.2 Å². The van der Waals surface area contributed by atoms with Crippen LogP contribution in [-0.2, 0) is 21.4 Å². The Labute approximate surface area is 227 Å². The van der Waals surface area contributed by atoms with E-state index in [1.54, 1.807) is 10.7 Å². The van der Waals surface area contributed by atoms with E-state index in [4.69, 9.17) is 25.8 Å². The van der Waals surface area contributed by atoms with Gasteiger partial charge in [0.05, 0.1) is 35.9 Å². The number of aromatic nitrogens is 4. The van der Waals surface area contributed by atoms with Gasteiger partial charge in [-0.05, 0) is 44.4 Å². The van der Waals surface area contributed by atoms with Gasteiger partial charge in [0.2, 0.25) is 5.88 Å². The van der Waals surface area contributed by atoms with E-state index in [2.05, 4.69) is 19.8 Å². The van der Waals surface area contributed by atoms with Crippen molar-refractivity contribution in [2.75, 3.05) is 18.4 Å². The Kier molecular flexibility index (Phi) is 7.56. The maximum Gasteiger partial charge on any atom is 0.267 e. The molecule has 0 amide bonds. The Hall–Kier alpha value is -3.55. The highest BCUT2D eigenvalue weighted by Gasteiger charge is 2.25. The van der Waals surface area contributed by atoms with Gasteiger partial charge in [-0.15, -0.1) is 0 Å². The summed E-state index contributed by atoms with van der Waals surface area (Å²) in [5.41, 5.74) is 1.15. The predicted octanol–water partition coefficient (Wildman–Crippen LogP) is 5.15. The lowest BCUT2D eigenvalue weighted by atomic mass is 10.2. The van der Waals surface area contributed by atoms with Crippen molar-refractivity contribution in [1.82, 2.24) is 19.7 Å². The number of rotatable bonds is 8. The number of aryl methyl sites for hydroxylation is 1. The highest BCUT2D eigenvalue weighted by molar-refractivity contribution is 7.92. The molecule has 14 heteroatoms. The number of benzene rings is 1. The van der Waals surface area contributed by atoms with Gasteiger partial charge in [-0.1, -0.05) is 11.6 Å². The number of halogens is 3. The molecule has 1 atom stereocenters. The summed E-state index contributed by atoms with van der Waals surface area (Å²) in [6.07, 6.45) is 5.02. The number of hydrogen-bond donors (Lipinski definition) is 1. The van der Waals surface area contributed by atoms with Crippen LogP contribution in [0.3, 0.4) is 0 Å². The number of nitrogens with zero attached hydrogens (tertiary/aromatic N) is 4. The number of ether oxygens (including phenoxy) is 3. The van der Waals surface area contributed by atoms with E-state index in [1.807, 2.05) is 6.92 Å². The van der Waals surface area contributed by atoms with Crippen LogP contribution in [0.1, 0.15) is 36.7 Å². The zero-order valence-electron chi connectivity index (χ0n) is 20.9. The molecule has 10 nitrogen and oxygen atoms in total. The van der Waals surface area contributed by atoms with Gasteiger partial charge in [-0.2, -0.15) is 5.10 Å². The average Bonchev–Trinajstić information content (AvgIpc) is 3.26. The van der Waals surface area contributed by atoms with Crippen LogP contribution < -0.4 is 14.2 Å². The Balaban J connectivity index is 1.38. The second kappa shape index (κ2) is 10.9. The van der Waals surface area contributed by atoms with E-state index in [0.29, 0.717) is 18.0 Å². The molecule has 1 aromatic carbocycles. The third-order valence-corrected chi connectivity index (χ3v) is 8.01. The molecule has 3 aromatic heterocycles. The van der Waals surface area contributed by atoms with Crippen LogP contribution in [0.15, 0.2) is 41.6 Å². The monoisotopic (exact) mass is 579 g/mol. The summed E-state index contributed by atoms with van der Waals surface area (Å²) in [4.78, 5) is 7.57. The first-order valence-corrected chi connectivity index (χ1v) is 13.8. The van der Waals surface area contributed by atoms with E-state index in [1.165, 1.54) is 13.3 Å². The van der Waals surface area contributed by atoms with Crippen LogP contribution in [0.4, 0.5) is 14.5 Å². The fraction of sp³-hybridized carbons (Fsp3) is 0.320. The van der Waals surface area contributed by atoms with Gasteiger partial charge in [-0.25, -0.2) is 31.8 Å². The first-order valence-electron chi connectivity index (χ1n) is 12.0. The molecule has 0 radical (unpaired) electrons. The van der Waals surface area contributed by atoms with Crippen molar-refractivity contribution in [1.29, 1.82) is 0 Å². The third-order valence-electron chi connectivity index (χ3n) is 6.22. The van der Waals surface area contributed by atoms with Gasteiger partial charge < -0.3 is 14.2 Å². The van der Waals surface area contributed by atoms with Crippen molar-refractivity contribution in [3.8, 4) is 11.6 Å². The first-order chi connectivity index (χ1) is 18.7. The summed E-state index contributed by atoms with van der Waals surface area (Å²) >= 11 is 6.38. The van der Waals surface area contributed by atoms with Gasteiger partial charge in [0, 0.05) is 23.6 Å². The van der Waals surface area contributed by atoms with Gasteiger partial charge in [0.25, 0.3) is 10.0 Å². The smallest absolute Gasteiger partial charge is 0.267 e. The Morgan fingerprint density at radius 1 is 1.21 bits per heavy atom. The van der Waals surface area contributed by atoms with Crippen LogP contribution in [0.5, 0.6) is 11.6 Å². The number of sulfonamides is 1. The molecule has 4 aromatic rings. The number of pyridine rings is 2. The molecule has 0 spiro atoms. The highest BCUT2D eigenvalue weighted by atomic mass is 35.5. The fourth-order valence-electron chi connectivity index (χ4n) is 4.26. The molecular formula is C25H24ClF2N5O5S. The van der Waals surface area contributed by atoms with E-state index < -0.39 is 26.6 Å². The van der Waals surface area contributed by atoms with Crippen molar-refractivity contribution in [2.24, 2.45) is 0 Å². The first kappa shape index (κ1) is 27.0. The molecule has 1 fully saturated rings. The van der Waals surface area contributed by atoms with E-state index in [-0.39, 0.29) is 35.0 Å². The summed E-state index contributed by atoms with van der Waals surface area (Å²) in [7, 11) is -3.19. The molecule has 39 heavy (non-hydrogen) atoms. The molecule has 0 aliphatic carbocycles. The Bertz CT molecular complexity index is 1640. The molecule has 206 valence electrons. The summed E-state index contributed by atoms with van der Waals surface area (Å²) in [5, 5.41) is 5.11. The van der Waals surface area contributed by atoms with E-state index in [0.717, 1.165) is 54.7 Å². The zero-order valence-corrected chi connectivity index (χ0v) is 22.5. The zero-order chi connectivity index (χ0) is 27.7. The lowest BCUT2D eigenvalue weighted by Crippen LogP contribution is -2.19. The Morgan fingerprint density at radius 2 is 2.03 bits per heavy atom. The van der Waals surface area contributed by atoms with Crippen LogP contribution in [0.2, 0.25) is 5.02 Å². The average molecular weight is 580 g/mol. The van der Waals surface area contributed by atoms with Gasteiger partial charge >= 0.3 is 0 Å². The van der Waals surface area contributed by atoms with Crippen LogP contribution in [0, 0.1) is 18.6 Å². The second-order valence-electron chi connectivity index (χ2n) is 8.84. The van der Waals surface area contributed by atoms with Crippen molar-refractivity contribution >= 4 is 38.3 Å². The van der Waals surface area contributed by atoms with Crippen LogP contribution in [-0.4, -0.2) is 41.9 Å². The van der Waals surface area contributed by atoms with Crippen molar-refractivity contribution in [3.63, 3.8) is 0 Å². The van der Waals surface area contributed by atoms with Gasteiger partial charge in [0.1, 0.15) is 24.0 Å². The highest BCUT2D eigenvalue weighted by Crippen LogP contribution is 2.33. The minimum Gasteiger partial charge on any atom is -0.487 e. The van der Waals surface area contributed by atoms with Crippen molar-refractivity contribution < 1.29 is 31.4 Å². The number of fused-ring (bicyclic) bond motifs is 1. The largest absolute Gasteiger partial charge is 0.487 e. The molecule has 1 aliphatic rings. The van der Waals surface area contributed by atoms with E-state index >= 15 is 0 Å². The fourth-order valence-corrected chi connectivity index (χ4v) is 5.78. The Morgan fingerprint density at radius 3 is 2.77 bits per heavy atom. The van der Waals surface area contributed by atoms with Crippen molar-refractivity contribution in [2.45, 2.75) is 43.9 Å². The minimum absolute atomic E-state index is 0.0932. The maximum absolute atomic E-state index is 14.7. The molecule has 1 N–H and O–H groups in total. The summed E-state index contributed by atoms with van der Waals surface area (Å²) in [6, 6.07) is 4.69. The molecular weight excluding hydrogens is 556 g/mol. The lowest BCUT2D eigenvalue weighted by Gasteiger charge is -2.23. The number of anilines is 1. The summed E-state index contributed by atoms with van der Waals surface area (Å²) in [5.74, 6) is -1.57.